The summed E-state index contributed by atoms with van der Waals surface area (Å²) in [5, 5.41) is 0. The first kappa shape index (κ1) is 45.2. The highest BCUT2D eigenvalue weighted by Crippen LogP contribution is 2.25. The Morgan fingerprint density at radius 3 is 0.966 bits per heavy atom. The normalized spacial score (nSPS) is 23.9. The second-order valence-electron chi connectivity index (χ2n) is 15.9. The second-order valence-corrected chi connectivity index (χ2v) is 15.9. The minimum atomic E-state index is -1.36. The number of carbonyl (C=O) groups excluding carboxylic acids is 6. The molecule has 12 nitrogen and oxygen atoms in total. The van der Waals surface area contributed by atoms with Gasteiger partial charge in [0.2, 0.25) is 0 Å². The van der Waals surface area contributed by atoms with Crippen LogP contribution in [0.3, 0.4) is 0 Å². The van der Waals surface area contributed by atoms with Crippen molar-refractivity contribution in [2.75, 3.05) is 21.1 Å². The third kappa shape index (κ3) is 11.3. The van der Waals surface area contributed by atoms with Crippen molar-refractivity contribution in [1.82, 2.24) is 14.7 Å². The molecule has 1 fully saturated rings. The molecule has 7 atom stereocenters. The Bertz CT molecular complexity index is 1810. The smallest absolute Gasteiger partial charge is 0.329 e. The van der Waals surface area contributed by atoms with Crippen LogP contribution < -0.4 is 0 Å². The van der Waals surface area contributed by atoms with Crippen molar-refractivity contribution in [1.29, 1.82) is 0 Å². The zero-order valence-electron chi connectivity index (χ0n) is 35.2. The van der Waals surface area contributed by atoms with E-state index in [1.54, 1.807) is 46.8 Å². The number of likely N-dealkylation sites (N-methyl/N-ethyl adjacent to an activating group) is 3. The fraction of sp³-hybridized carbons (Fsp3) is 0.478. The maximum absolute atomic E-state index is 14.6. The van der Waals surface area contributed by atoms with Crippen molar-refractivity contribution in [2.45, 2.75) is 104 Å². The van der Waals surface area contributed by atoms with Gasteiger partial charge < -0.3 is 28.9 Å². The molecule has 312 valence electrons. The number of cyclic esters (lactones) is 3. The van der Waals surface area contributed by atoms with Crippen LogP contribution in [0.15, 0.2) is 91.0 Å². The number of carbonyl (C=O) groups is 6. The fourth-order valence-corrected chi connectivity index (χ4v) is 6.89. The molecule has 58 heavy (non-hydrogen) atoms. The third-order valence-corrected chi connectivity index (χ3v) is 10.9. The van der Waals surface area contributed by atoms with E-state index in [0.717, 1.165) is 16.7 Å². The number of benzene rings is 3. The van der Waals surface area contributed by atoms with E-state index in [1.807, 2.05) is 85.8 Å². The highest BCUT2D eigenvalue weighted by molar-refractivity contribution is 5.94. The summed E-state index contributed by atoms with van der Waals surface area (Å²) in [5.41, 5.74) is 2.17. The quantitative estimate of drug-likeness (QED) is 0.198. The van der Waals surface area contributed by atoms with E-state index in [4.69, 9.17) is 14.2 Å². The SMILES string of the molecule is CC[C@@H](C)[C@H]1OC(=O)[C@H](Cc2ccccc2)N(C)C(=O)[C@@H](C(C)C)OC(=O)[C@H](Cc2ccccc2)N(C)C(=O)[C@@H](C(C)C)OC(=O)[C@H](Cc2ccccc2)N(C)C1=O. The van der Waals surface area contributed by atoms with Crippen molar-refractivity contribution in [2.24, 2.45) is 17.8 Å². The van der Waals surface area contributed by atoms with Crippen LogP contribution in [0.2, 0.25) is 0 Å². The molecule has 0 spiro atoms. The molecule has 0 bridgehead atoms. The van der Waals surface area contributed by atoms with Gasteiger partial charge in [-0.05, 0) is 34.9 Å². The Morgan fingerprint density at radius 1 is 0.448 bits per heavy atom. The van der Waals surface area contributed by atoms with E-state index in [-0.39, 0.29) is 19.3 Å². The predicted octanol–water partition coefficient (Wildman–Crippen LogP) is 5.30. The number of nitrogens with zero attached hydrogens (tertiary/aromatic N) is 3. The molecule has 0 aromatic heterocycles. The van der Waals surface area contributed by atoms with E-state index < -0.39 is 89.8 Å². The van der Waals surface area contributed by atoms with Crippen molar-refractivity contribution in [3.8, 4) is 0 Å². The van der Waals surface area contributed by atoms with Gasteiger partial charge in [-0.2, -0.15) is 0 Å². The van der Waals surface area contributed by atoms with Crippen LogP contribution in [-0.4, -0.2) is 108 Å². The minimum absolute atomic E-state index is 0.0311. The molecule has 4 rings (SSSR count). The maximum atomic E-state index is 14.6. The van der Waals surface area contributed by atoms with Crippen LogP contribution in [0.1, 0.15) is 64.7 Å². The summed E-state index contributed by atoms with van der Waals surface area (Å²) in [7, 11) is 4.34. The van der Waals surface area contributed by atoms with Gasteiger partial charge in [-0.25, -0.2) is 14.4 Å². The van der Waals surface area contributed by atoms with E-state index in [0.29, 0.717) is 6.42 Å². The number of amides is 3. The molecule has 0 unspecified atom stereocenters. The molecular weight excluding hydrogens is 739 g/mol. The lowest BCUT2D eigenvalue weighted by atomic mass is 9.97. The number of rotatable bonds is 10. The largest absolute Gasteiger partial charge is 0.450 e. The first-order chi connectivity index (χ1) is 27.5. The van der Waals surface area contributed by atoms with Crippen molar-refractivity contribution >= 4 is 35.6 Å². The summed E-state index contributed by atoms with van der Waals surface area (Å²) in [5.74, 6) is -6.09. The van der Waals surface area contributed by atoms with Gasteiger partial charge >= 0.3 is 17.9 Å². The monoisotopic (exact) mass is 797 g/mol. The van der Waals surface area contributed by atoms with E-state index in [2.05, 4.69) is 0 Å². The van der Waals surface area contributed by atoms with Gasteiger partial charge in [-0.15, -0.1) is 0 Å². The molecule has 1 aliphatic heterocycles. The number of hydrogen-bond donors (Lipinski definition) is 0. The lowest BCUT2D eigenvalue weighted by molar-refractivity contribution is -0.179. The van der Waals surface area contributed by atoms with Crippen LogP contribution in [0, 0.1) is 17.8 Å². The number of esters is 3. The summed E-state index contributed by atoms with van der Waals surface area (Å²) in [6.07, 6.45) is -3.53. The molecular formula is C46H59N3O9. The molecule has 3 aromatic rings. The molecule has 1 saturated heterocycles. The first-order valence-electron chi connectivity index (χ1n) is 20.1. The number of hydrogen-bond acceptors (Lipinski definition) is 9. The summed E-state index contributed by atoms with van der Waals surface area (Å²) < 4.78 is 18.2. The van der Waals surface area contributed by atoms with E-state index in [1.165, 1.54) is 35.8 Å². The molecule has 1 aliphatic rings. The highest BCUT2D eigenvalue weighted by atomic mass is 16.6. The zero-order valence-corrected chi connectivity index (χ0v) is 35.2. The summed E-state index contributed by atoms with van der Waals surface area (Å²) >= 11 is 0. The van der Waals surface area contributed by atoms with Gasteiger partial charge in [0.05, 0.1) is 0 Å². The van der Waals surface area contributed by atoms with Gasteiger partial charge in [0.1, 0.15) is 18.1 Å². The Kier molecular flexibility index (Phi) is 16.2. The summed E-state index contributed by atoms with van der Waals surface area (Å²) in [6, 6.07) is 23.5. The van der Waals surface area contributed by atoms with Crippen molar-refractivity contribution in [3.63, 3.8) is 0 Å². The lowest BCUT2D eigenvalue weighted by Crippen LogP contribution is -2.57. The molecule has 0 N–H and O–H groups in total. The second kappa shape index (κ2) is 20.8. The Hall–Kier alpha value is -5.52. The van der Waals surface area contributed by atoms with Crippen LogP contribution in [0.4, 0.5) is 0 Å². The van der Waals surface area contributed by atoms with Gasteiger partial charge in [0.15, 0.2) is 18.3 Å². The minimum Gasteiger partial charge on any atom is -0.450 e. The molecule has 12 heteroatoms. The average Bonchev–Trinajstić information content (AvgIpc) is 3.22. The molecule has 3 aromatic carbocycles. The van der Waals surface area contributed by atoms with Crippen LogP contribution in [-0.2, 0) is 62.2 Å². The Labute approximate surface area is 342 Å². The van der Waals surface area contributed by atoms with E-state index >= 15 is 0 Å². The van der Waals surface area contributed by atoms with Gasteiger partial charge in [-0.3, -0.25) is 14.4 Å². The van der Waals surface area contributed by atoms with Gasteiger partial charge in [0.25, 0.3) is 17.7 Å². The lowest BCUT2D eigenvalue weighted by Gasteiger charge is -2.37. The van der Waals surface area contributed by atoms with Crippen LogP contribution in [0.5, 0.6) is 0 Å². The van der Waals surface area contributed by atoms with Gasteiger partial charge in [-0.1, -0.05) is 133 Å². The Morgan fingerprint density at radius 2 is 0.707 bits per heavy atom. The van der Waals surface area contributed by atoms with E-state index in [9.17, 15) is 28.8 Å². The molecule has 1 heterocycles. The van der Waals surface area contributed by atoms with Gasteiger partial charge in [0, 0.05) is 46.3 Å². The topological polar surface area (TPSA) is 140 Å². The summed E-state index contributed by atoms with van der Waals surface area (Å²) in [6.45, 7) is 10.5. The molecule has 3 amide bonds. The van der Waals surface area contributed by atoms with Crippen molar-refractivity contribution in [3.05, 3.63) is 108 Å². The number of ether oxygens (including phenoxy) is 3. The molecule has 0 saturated carbocycles. The first-order valence-corrected chi connectivity index (χ1v) is 20.1. The van der Waals surface area contributed by atoms with Crippen LogP contribution >= 0.6 is 0 Å². The summed E-state index contributed by atoms with van der Waals surface area (Å²) in [4.78, 5) is 90.4. The maximum Gasteiger partial charge on any atom is 0.329 e. The van der Waals surface area contributed by atoms with Crippen molar-refractivity contribution < 1.29 is 43.0 Å². The molecule has 0 aliphatic carbocycles. The third-order valence-electron chi connectivity index (χ3n) is 10.9. The highest BCUT2D eigenvalue weighted by Gasteiger charge is 2.44. The average molecular weight is 798 g/mol. The predicted molar refractivity (Wildman–Crippen MR) is 219 cm³/mol. The molecule has 0 radical (unpaired) electrons. The fourth-order valence-electron chi connectivity index (χ4n) is 6.89. The van der Waals surface area contributed by atoms with Crippen LogP contribution in [0.25, 0.3) is 0 Å². The standard InChI is InChI=1S/C46H59N3O9/c1-10-31(6)40-43(52)49(9)36(27-33-22-16-12-17-23-33)45(54)57-38(29(2)3)41(50)47(7)35(26-32-20-14-11-15-21-32)44(53)56-39(30(4)5)42(51)48(8)37(46(55)58-40)28-34-24-18-13-19-25-34/h11-25,29-31,35-40H,10,26-28H2,1-9H3/t31-,35+,36+,37+,38-,39-,40-/m1/s1. The zero-order chi connectivity index (χ0) is 42.7. The Balaban J connectivity index is 1.90.